The van der Waals surface area contributed by atoms with Crippen molar-refractivity contribution in [2.24, 2.45) is 0 Å². The van der Waals surface area contributed by atoms with Gasteiger partial charge in [0.2, 0.25) is 10.0 Å². The van der Waals surface area contributed by atoms with Gasteiger partial charge in [0.15, 0.2) is 0 Å². The first-order chi connectivity index (χ1) is 14.7. The van der Waals surface area contributed by atoms with Crippen molar-refractivity contribution in [2.45, 2.75) is 30.8 Å². The molecule has 0 aliphatic carbocycles. The minimum absolute atomic E-state index is 0.00186. The number of anilines is 1. The Morgan fingerprint density at radius 2 is 1.97 bits per heavy atom. The average Bonchev–Trinajstić information content (AvgIpc) is 3.26. The molecule has 1 fully saturated rings. The predicted octanol–water partition coefficient (Wildman–Crippen LogP) is 2.72. The monoisotopic (exact) mass is 465 g/mol. The molecule has 166 valence electrons. The fourth-order valence-electron chi connectivity index (χ4n) is 3.33. The van der Waals surface area contributed by atoms with E-state index in [9.17, 15) is 18.0 Å². The van der Waals surface area contributed by atoms with Crippen LogP contribution in [0.2, 0.25) is 5.02 Å². The maximum atomic E-state index is 12.8. The molecule has 1 saturated heterocycles. The summed E-state index contributed by atoms with van der Waals surface area (Å²) in [5.41, 5.74) is 1.43. The smallest absolute Gasteiger partial charge is 0.255 e. The molecule has 1 aliphatic rings. The van der Waals surface area contributed by atoms with Crippen LogP contribution in [0.3, 0.4) is 0 Å². The Kier molecular flexibility index (Phi) is 7.32. The summed E-state index contributed by atoms with van der Waals surface area (Å²) in [5.74, 6) is -0.908. The van der Waals surface area contributed by atoms with E-state index in [1.165, 1.54) is 25.2 Å². The van der Waals surface area contributed by atoms with Crippen molar-refractivity contribution in [1.82, 2.24) is 10.0 Å². The van der Waals surface area contributed by atoms with Crippen LogP contribution in [0, 0.1) is 6.92 Å². The highest BCUT2D eigenvalue weighted by molar-refractivity contribution is 7.89. The Morgan fingerprint density at radius 3 is 2.65 bits per heavy atom. The zero-order valence-electron chi connectivity index (χ0n) is 17.2. The van der Waals surface area contributed by atoms with Gasteiger partial charge in [0.05, 0.1) is 22.4 Å². The van der Waals surface area contributed by atoms with Gasteiger partial charge in [-0.05, 0) is 49.6 Å². The molecule has 1 aliphatic heterocycles. The van der Waals surface area contributed by atoms with E-state index in [-0.39, 0.29) is 34.0 Å². The highest BCUT2D eigenvalue weighted by Crippen LogP contribution is 2.25. The van der Waals surface area contributed by atoms with E-state index in [1.807, 2.05) is 0 Å². The van der Waals surface area contributed by atoms with Crippen LogP contribution < -0.4 is 15.4 Å². The van der Waals surface area contributed by atoms with Crippen molar-refractivity contribution >= 4 is 39.1 Å². The fraction of sp³-hybridized carbons (Fsp3) is 0.333. The van der Waals surface area contributed by atoms with Gasteiger partial charge in [-0.3, -0.25) is 9.59 Å². The normalized spacial score (nSPS) is 16.2. The van der Waals surface area contributed by atoms with Crippen LogP contribution in [0.1, 0.15) is 39.1 Å². The summed E-state index contributed by atoms with van der Waals surface area (Å²) in [6.07, 6.45) is 1.49. The first-order valence-electron chi connectivity index (χ1n) is 9.77. The summed E-state index contributed by atoms with van der Waals surface area (Å²) < 4.78 is 33.4. The van der Waals surface area contributed by atoms with Crippen LogP contribution in [0.25, 0.3) is 0 Å². The summed E-state index contributed by atoms with van der Waals surface area (Å²) in [6.45, 7) is 2.50. The van der Waals surface area contributed by atoms with Gasteiger partial charge >= 0.3 is 0 Å². The number of aryl methyl sites for hydroxylation is 1. The summed E-state index contributed by atoms with van der Waals surface area (Å²) in [5, 5.41) is 5.22. The predicted molar refractivity (Wildman–Crippen MR) is 118 cm³/mol. The standard InChI is InChI=1S/C21H24ClN3O5S/c1-13-5-3-7-17(19(13)21(27)23-2)25-20(26)14-8-9-16(22)18(11-14)31(28,29)24-12-15-6-4-10-30-15/h3,5,7-9,11,15,24H,4,6,10,12H2,1-2H3,(H,23,27)(H,25,26). The lowest BCUT2D eigenvalue weighted by molar-refractivity contribution is 0.0963. The van der Waals surface area contributed by atoms with Gasteiger partial charge in [-0.1, -0.05) is 23.7 Å². The van der Waals surface area contributed by atoms with Crippen LogP contribution in [0.15, 0.2) is 41.3 Å². The lowest BCUT2D eigenvalue weighted by Gasteiger charge is -2.14. The van der Waals surface area contributed by atoms with Crippen molar-refractivity contribution < 1.29 is 22.7 Å². The zero-order chi connectivity index (χ0) is 22.6. The second-order valence-electron chi connectivity index (χ2n) is 7.16. The number of amides is 2. The van der Waals surface area contributed by atoms with Gasteiger partial charge in [0.25, 0.3) is 11.8 Å². The minimum Gasteiger partial charge on any atom is -0.377 e. The first kappa shape index (κ1) is 23.2. The van der Waals surface area contributed by atoms with Gasteiger partial charge < -0.3 is 15.4 Å². The SMILES string of the molecule is CNC(=O)c1c(C)cccc1NC(=O)c1ccc(Cl)c(S(=O)(=O)NCC2CCCO2)c1. The lowest BCUT2D eigenvalue weighted by atomic mass is 10.1. The molecule has 10 heteroatoms. The minimum atomic E-state index is -3.95. The largest absolute Gasteiger partial charge is 0.377 e. The second kappa shape index (κ2) is 9.78. The summed E-state index contributed by atoms with van der Waals surface area (Å²) >= 11 is 6.11. The van der Waals surface area contributed by atoms with Crippen molar-refractivity contribution in [2.75, 3.05) is 25.5 Å². The number of hydrogen-bond acceptors (Lipinski definition) is 5. The maximum Gasteiger partial charge on any atom is 0.255 e. The number of rotatable bonds is 7. The van der Waals surface area contributed by atoms with Gasteiger partial charge in [0.1, 0.15) is 4.90 Å². The number of sulfonamides is 1. The zero-order valence-corrected chi connectivity index (χ0v) is 18.8. The number of nitrogens with one attached hydrogen (secondary N) is 3. The van der Waals surface area contributed by atoms with Gasteiger partial charge in [-0.25, -0.2) is 13.1 Å². The average molecular weight is 466 g/mol. The van der Waals surface area contributed by atoms with Crippen molar-refractivity contribution in [1.29, 1.82) is 0 Å². The van der Waals surface area contributed by atoms with Crippen molar-refractivity contribution in [3.05, 3.63) is 58.1 Å². The van der Waals surface area contributed by atoms with Crippen LogP contribution in [0.5, 0.6) is 0 Å². The van der Waals surface area contributed by atoms with E-state index in [0.717, 1.165) is 12.8 Å². The molecule has 3 rings (SSSR count). The van der Waals surface area contributed by atoms with Crippen LogP contribution >= 0.6 is 11.6 Å². The molecule has 1 heterocycles. The van der Waals surface area contributed by atoms with Crippen LogP contribution in [-0.2, 0) is 14.8 Å². The molecule has 0 bridgehead atoms. The van der Waals surface area contributed by atoms with Crippen LogP contribution in [0.4, 0.5) is 5.69 Å². The Balaban J connectivity index is 1.84. The second-order valence-corrected chi connectivity index (χ2v) is 9.31. The molecule has 1 atom stereocenters. The Labute approximate surface area is 186 Å². The molecule has 2 amide bonds. The topological polar surface area (TPSA) is 114 Å². The third-order valence-corrected chi connectivity index (χ3v) is 6.89. The molecule has 8 nitrogen and oxygen atoms in total. The first-order valence-corrected chi connectivity index (χ1v) is 11.6. The molecule has 2 aromatic rings. The summed E-state index contributed by atoms with van der Waals surface area (Å²) in [4.78, 5) is 24.8. The molecule has 0 saturated carbocycles. The van der Waals surface area contributed by atoms with Gasteiger partial charge in [0, 0.05) is 25.8 Å². The van der Waals surface area contributed by atoms with Gasteiger partial charge in [-0.2, -0.15) is 0 Å². The maximum absolute atomic E-state index is 12.8. The van der Waals surface area contributed by atoms with E-state index < -0.39 is 15.9 Å². The lowest BCUT2D eigenvalue weighted by Crippen LogP contribution is -2.32. The number of benzene rings is 2. The Bertz CT molecular complexity index is 1100. The highest BCUT2D eigenvalue weighted by Gasteiger charge is 2.24. The van der Waals surface area contributed by atoms with E-state index in [1.54, 1.807) is 25.1 Å². The van der Waals surface area contributed by atoms with Gasteiger partial charge in [-0.15, -0.1) is 0 Å². The molecular weight excluding hydrogens is 442 g/mol. The van der Waals surface area contributed by atoms with E-state index >= 15 is 0 Å². The number of ether oxygens (including phenoxy) is 1. The Morgan fingerprint density at radius 1 is 1.19 bits per heavy atom. The highest BCUT2D eigenvalue weighted by atomic mass is 35.5. The Hall–Kier alpha value is -2.46. The number of halogens is 1. The summed E-state index contributed by atoms with van der Waals surface area (Å²) in [7, 11) is -2.45. The third kappa shape index (κ3) is 5.43. The fourth-order valence-corrected chi connectivity index (χ4v) is 4.92. The molecule has 0 aromatic heterocycles. The summed E-state index contributed by atoms with van der Waals surface area (Å²) in [6, 6.07) is 9.06. The van der Waals surface area contributed by atoms with Crippen molar-refractivity contribution in [3.8, 4) is 0 Å². The quantitative estimate of drug-likeness (QED) is 0.581. The molecule has 0 spiro atoms. The van der Waals surface area contributed by atoms with E-state index in [0.29, 0.717) is 23.4 Å². The third-order valence-electron chi connectivity index (χ3n) is 4.98. The molecule has 3 N–H and O–H groups in total. The van der Waals surface area contributed by atoms with Crippen LogP contribution in [-0.4, -0.2) is 46.5 Å². The van der Waals surface area contributed by atoms with Crippen molar-refractivity contribution in [3.63, 3.8) is 0 Å². The molecule has 2 aromatic carbocycles. The number of carbonyl (C=O) groups excluding carboxylic acids is 2. The van der Waals surface area contributed by atoms with E-state index in [2.05, 4.69) is 15.4 Å². The number of hydrogen-bond donors (Lipinski definition) is 3. The number of carbonyl (C=O) groups is 2. The molecule has 31 heavy (non-hydrogen) atoms. The molecule has 1 unspecified atom stereocenters. The van der Waals surface area contributed by atoms with E-state index in [4.69, 9.17) is 16.3 Å². The molecule has 0 radical (unpaired) electrons. The molecular formula is C21H24ClN3O5S.